The second kappa shape index (κ2) is 6.97. The van der Waals surface area contributed by atoms with Crippen molar-refractivity contribution >= 4 is 51.0 Å². The summed E-state index contributed by atoms with van der Waals surface area (Å²) in [7, 11) is 0. The zero-order chi connectivity index (χ0) is 14.4. The summed E-state index contributed by atoms with van der Waals surface area (Å²) in [6, 6.07) is 10.6. The number of thiophene rings is 1. The van der Waals surface area contributed by atoms with Crippen molar-refractivity contribution < 1.29 is 9.59 Å². The van der Waals surface area contributed by atoms with Crippen LogP contribution in [0.5, 0.6) is 0 Å². The van der Waals surface area contributed by atoms with Gasteiger partial charge in [-0.3, -0.25) is 9.59 Å². The lowest BCUT2D eigenvalue weighted by atomic mass is 10.3. The number of hydrazone groups is 1. The van der Waals surface area contributed by atoms with E-state index in [9.17, 15) is 9.59 Å². The number of carbonyl (C=O) groups excluding carboxylic acids is 2. The smallest absolute Gasteiger partial charge is 0.318 e. The maximum atomic E-state index is 11.6. The first-order chi connectivity index (χ1) is 9.65. The monoisotopic (exact) mass is 351 g/mol. The molecular formula is C13H10BrN3O2S. The highest BCUT2D eigenvalue weighted by atomic mass is 79.9. The molecule has 0 aliphatic heterocycles. The van der Waals surface area contributed by atoms with Crippen molar-refractivity contribution in [2.75, 3.05) is 5.32 Å². The van der Waals surface area contributed by atoms with E-state index in [1.165, 1.54) is 17.6 Å². The summed E-state index contributed by atoms with van der Waals surface area (Å²) in [5, 5.41) is 8.07. The number of hydrogen-bond donors (Lipinski definition) is 2. The van der Waals surface area contributed by atoms with Gasteiger partial charge in [-0.15, -0.1) is 11.3 Å². The van der Waals surface area contributed by atoms with E-state index in [0.717, 1.165) is 9.35 Å². The second-order valence-corrected chi connectivity index (χ2v) is 5.57. The van der Waals surface area contributed by atoms with Gasteiger partial charge in [0.1, 0.15) is 0 Å². The van der Waals surface area contributed by atoms with E-state index in [1.54, 1.807) is 24.3 Å². The van der Waals surface area contributed by atoms with Crippen molar-refractivity contribution in [3.05, 3.63) is 51.1 Å². The quantitative estimate of drug-likeness (QED) is 0.506. The van der Waals surface area contributed by atoms with Crippen molar-refractivity contribution in [1.29, 1.82) is 0 Å². The van der Waals surface area contributed by atoms with Crippen molar-refractivity contribution in [1.82, 2.24) is 5.43 Å². The van der Waals surface area contributed by atoms with E-state index in [-0.39, 0.29) is 0 Å². The van der Waals surface area contributed by atoms with Gasteiger partial charge in [-0.1, -0.05) is 22.0 Å². The molecule has 0 saturated heterocycles. The maximum absolute atomic E-state index is 11.6. The van der Waals surface area contributed by atoms with Gasteiger partial charge in [0, 0.05) is 15.0 Å². The molecule has 0 fully saturated rings. The Balaban J connectivity index is 1.86. The molecule has 0 atom stereocenters. The van der Waals surface area contributed by atoms with Gasteiger partial charge in [-0.25, -0.2) is 5.43 Å². The third kappa shape index (κ3) is 4.29. The maximum Gasteiger partial charge on any atom is 0.329 e. The van der Waals surface area contributed by atoms with Crippen LogP contribution in [0.3, 0.4) is 0 Å². The summed E-state index contributed by atoms with van der Waals surface area (Å²) >= 11 is 4.76. The fourth-order valence-corrected chi connectivity index (χ4v) is 2.14. The van der Waals surface area contributed by atoms with Crippen LogP contribution in [0.15, 0.2) is 51.4 Å². The lowest BCUT2D eigenvalue weighted by Crippen LogP contribution is -2.32. The third-order valence-electron chi connectivity index (χ3n) is 2.21. The fraction of sp³-hybridized carbons (Fsp3) is 0. The zero-order valence-electron chi connectivity index (χ0n) is 10.2. The molecule has 0 bridgehead atoms. The van der Waals surface area contributed by atoms with Gasteiger partial charge >= 0.3 is 11.8 Å². The largest absolute Gasteiger partial charge is 0.329 e. The molecular weight excluding hydrogens is 342 g/mol. The van der Waals surface area contributed by atoms with Gasteiger partial charge in [-0.05, 0) is 35.7 Å². The molecule has 2 amide bonds. The number of benzene rings is 1. The zero-order valence-corrected chi connectivity index (χ0v) is 12.6. The molecule has 2 N–H and O–H groups in total. The number of halogens is 1. The standard InChI is InChI=1S/C13H10BrN3O2S/c14-9-3-5-10(6-4-9)16-12(18)13(19)17-15-8-11-2-1-7-20-11/h1-8H,(H,16,18)(H,17,19)/b15-8-. The first kappa shape index (κ1) is 14.4. The van der Waals surface area contributed by atoms with E-state index in [1.807, 2.05) is 17.5 Å². The van der Waals surface area contributed by atoms with Crippen LogP contribution in [0.2, 0.25) is 0 Å². The van der Waals surface area contributed by atoms with E-state index >= 15 is 0 Å². The number of hydrogen-bond acceptors (Lipinski definition) is 4. The molecule has 0 unspecified atom stereocenters. The van der Waals surface area contributed by atoms with Gasteiger partial charge < -0.3 is 5.32 Å². The highest BCUT2D eigenvalue weighted by Gasteiger charge is 2.12. The number of amides is 2. The Morgan fingerprint density at radius 1 is 1.15 bits per heavy atom. The molecule has 0 radical (unpaired) electrons. The predicted molar refractivity (Wildman–Crippen MR) is 82.8 cm³/mol. The van der Waals surface area contributed by atoms with Gasteiger partial charge in [0.25, 0.3) is 0 Å². The minimum absolute atomic E-state index is 0.538. The van der Waals surface area contributed by atoms with Crippen LogP contribution in [-0.2, 0) is 9.59 Å². The Labute approximate surface area is 127 Å². The highest BCUT2D eigenvalue weighted by molar-refractivity contribution is 9.10. The number of nitrogens with one attached hydrogen (secondary N) is 2. The van der Waals surface area contributed by atoms with Gasteiger partial charge in [0.2, 0.25) is 0 Å². The normalized spacial score (nSPS) is 10.4. The minimum Gasteiger partial charge on any atom is -0.318 e. The van der Waals surface area contributed by atoms with Gasteiger partial charge in [0.15, 0.2) is 0 Å². The van der Waals surface area contributed by atoms with Crippen molar-refractivity contribution in [2.24, 2.45) is 5.10 Å². The Bertz CT molecular complexity index is 624. The highest BCUT2D eigenvalue weighted by Crippen LogP contribution is 2.13. The van der Waals surface area contributed by atoms with Crippen LogP contribution in [-0.4, -0.2) is 18.0 Å². The number of nitrogens with zero attached hydrogens (tertiary/aromatic N) is 1. The average molecular weight is 352 g/mol. The molecule has 20 heavy (non-hydrogen) atoms. The van der Waals surface area contributed by atoms with Crippen LogP contribution in [0.4, 0.5) is 5.69 Å². The van der Waals surface area contributed by atoms with Crippen LogP contribution >= 0.6 is 27.3 Å². The van der Waals surface area contributed by atoms with Crippen LogP contribution < -0.4 is 10.7 Å². The Morgan fingerprint density at radius 2 is 1.90 bits per heavy atom. The molecule has 0 saturated carbocycles. The predicted octanol–water partition coefficient (Wildman–Crippen LogP) is 2.60. The summed E-state index contributed by atoms with van der Waals surface area (Å²) in [4.78, 5) is 24.0. The van der Waals surface area contributed by atoms with Crippen molar-refractivity contribution in [2.45, 2.75) is 0 Å². The van der Waals surface area contributed by atoms with Gasteiger partial charge in [0.05, 0.1) is 6.21 Å². The number of rotatable bonds is 3. The number of anilines is 1. The lowest BCUT2D eigenvalue weighted by Gasteiger charge is -2.03. The van der Waals surface area contributed by atoms with Gasteiger partial charge in [-0.2, -0.15) is 5.10 Å². The lowest BCUT2D eigenvalue weighted by molar-refractivity contribution is -0.136. The van der Waals surface area contributed by atoms with E-state index < -0.39 is 11.8 Å². The van der Waals surface area contributed by atoms with Crippen LogP contribution in [0.25, 0.3) is 0 Å². The summed E-state index contributed by atoms with van der Waals surface area (Å²) in [6.07, 6.45) is 1.48. The molecule has 102 valence electrons. The SMILES string of the molecule is O=C(N/N=C\c1cccs1)C(=O)Nc1ccc(Br)cc1. The molecule has 1 heterocycles. The molecule has 0 aliphatic carbocycles. The van der Waals surface area contributed by atoms with E-state index in [4.69, 9.17) is 0 Å². The number of carbonyl (C=O) groups is 2. The molecule has 0 spiro atoms. The van der Waals surface area contributed by atoms with E-state index in [2.05, 4.69) is 31.8 Å². The second-order valence-electron chi connectivity index (χ2n) is 3.68. The average Bonchev–Trinajstić information content (AvgIpc) is 2.94. The Kier molecular flexibility index (Phi) is 5.03. The Morgan fingerprint density at radius 3 is 2.55 bits per heavy atom. The summed E-state index contributed by atoms with van der Waals surface area (Å²) in [5.74, 6) is -1.59. The molecule has 5 nitrogen and oxygen atoms in total. The third-order valence-corrected chi connectivity index (χ3v) is 3.54. The van der Waals surface area contributed by atoms with Crippen LogP contribution in [0.1, 0.15) is 4.88 Å². The molecule has 2 rings (SSSR count). The summed E-state index contributed by atoms with van der Waals surface area (Å²) < 4.78 is 0.889. The Hall–Kier alpha value is -1.99. The van der Waals surface area contributed by atoms with Crippen molar-refractivity contribution in [3.63, 3.8) is 0 Å². The molecule has 1 aromatic heterocycles. The topological polar surface area (TPSA) is 70.6 Å². The molecule has 2 aromatic rings. The molecule has 0 aliphatic rings. The summed E-state index contributed by atoms with van der Waals surface area (Å²) in [5.41, 5.74) is 2.71. The first-order valence-corrected chi connectivity index (χ1v) is 7.26. The van der Waals surface area contributed by atoms with Crippen LogP contribution in [0, 0.1) is 0 Å². The summed E-state index contributed by atoms with van der Waals surface area (Å²) in [6.45, 7) is 0. The fourth-order valence-electron chi connectivity index (χ4n) is 1.29. The van der Waals surface area contributed by atoms with Crippen molar-refractivity contribution in [3.8, 4) is 0 Å². The minimum atomic E-state index is -0.819. The first-order valence-electron chi connectivity index (χ1n) is 5.58. The molecule has 7 heteroatoms. The molecule has 1 aromatic carbocycles. The van der Waals surface area contributed by atoms with E-state index in [0.29, 0.717) is 5.69 Å².